The van der Waals surface area contributed by atoms with E-state index in [1.54, 1.807) is 31.4 Å². The van der Waals surface area contributed by atoms with Crippen LogP contribution in [0.4, 0.5) is 0 Å². The lowest BCUT2D eigenvalue weighted by atomic mass is 10.1. The molecule has 2 aromatic carbocycles. The first kappa shape index (κ1) is 21.3. The number of methoxy groups -OCH3 is 3. The largest absolute Gasteiger partial charge is 0.493 e. The molecule has 1 heterocycles. The normalized spacial score (nSPS) is 11.0. The smallest absolute Gasteiger partial charge is 0.337 e. The molecule has 0 fully saturated rings. The van der Waals surface area contributed by atoms with Crippen molar-refractivity contribution in [3.05, 3.63) is 63.7 Å². The van der Waals surface area contributed by atoms with E-state index in [0.29, 0.717) is 46.9 Å². The summed E-state index contributed by atoms with van der Waals surface area (Å²) in [4.78, 5) is 33.7. The van der Waals surface area contributed by atoms with Crippen molar-refractivity contribution in [1.29, 1.82) is 0 Å². The lowest BCUT2D eigenvalue weighted by molar-refractivity contribution is 0.0600. The minimum absolute atomic E-state index is 0.227. The predicted molar refractivity (Wildman–Crippen MR) is 113 cm³/mol. The van der Waals surface area contributed by atoms with E-state index in [1.165, 1.54) is 14.2 Å². The number of fused-ring (bicyclic) bond motifs is 1. The first-order valence-corrected chi connectivity index (χ1v) is 9.53. The van der Waals surface area contributed by atoms with Crippen LogP contribution in [-0.2, 0) is 17.8 Å². The molecular weight excluding hydrogens is 386 g/mol. The van der Waals surface area contributed by atoms with Crippen LogP contribution in [0.5, 0.6) is 11.5 Å². The van der Waals surface area contributed by atoms with Gasteiger partial charge in [0.15, 0.2) is 11.5 Å². The monoisotopic (exact) mass is 411 g/mol. The fourth-order valence-electron chi connectivity index (χ4n) is 3.20. The fourth-order valence-corrected chi connectivity index (χ4v) is 3.20. The molecule has 0 saturated carbocycles. The molecule has 1 aromatic heterocycles. The van der Waals surface area contributed by atoms with Gasteiger partial charge in [-0.3, -0.25) is 9.69 Å². The quantitative estimate of drug-likeness (QED) is 0.570. The summed E-state index contributed by atoms with van der Waals surface area (Å²) < 4.78 is 15.3. The van der Waals surface area contributed by atoms with Crippen LogP contribution >= 0.6 is 0 Å². The summed E-state index contributed by atoms with van der Waals surface area (Å²) in [5, 5.41) is 0.442. The molecule has 0 aliphatic rings. The minimum Gasteiger partial charge on any atom is -0.493 e. The van der Waals surface area contributed by atoms with Crippen LogP contribution < -0.4 is 15.0 Å². The van der Waals surface area contributed by atoms with E-state index in [9.17, 15) is 9.59 Å². The van der Waals surface area contributed by atoms with Crippen molar-refractivity contribution in [2.75, 3.05) is 27.9 Å². The number of nitrogens with zero attached hydrogens (tertiary/aromatic N) is 2. The van der Waals surface area contributed by atoms with E-state index in [1.807, 2.05) is 19.1 Å². The van der Waals surface area contributed by atoms with E-state index in [2.05, 4.69) is 14.9 Å². The van der Waals surface area contributed by atoms with Crippen LogP contribution in [-0.4, -0.2) is 48.7 Å². The van der Waals surface area contributed by atoms with Gasteiger partial charge < -0.3 is 19.2 Å². The average molecular weight is 411 g/mol. The molecule has 3 rings (SSSR count). The van der Waals surface area contributed by atoms with E-state index < -0.39 is 0 Å². The third-order valence-electron chi connectivity index (χ3n) is 4.86. The van der Waals surface area contributed by atoms with Gasteiger partial charge in [0.2, 0.25) is 0 Å². The minimum atomic E-state index is -0.362. The zero-order valence-corrected chi connectivity index (χ0v) is 17.5. The van der Waals surface area contributed by atoms with Crippen molar-refractivity contribution in [3.63, 3.8) is 0 Å². The van der Waals surface area contributed by atoms with Crippen LogP contribution in [0.15, 0.2) is 41.2 Å². The first-order chi connectivity index (χ1) is 14.5. The Bertz CT molecular complexity index is 1090. The molecule has 0 spiro atoms. The van der Waals surface area contributed by atoms with Crippen molar-refractivity contribution in [2.24, 2.45) is 0 Å². The Hall–Kier alpha value is -3.39. The standard InChI is InChI=1S/C22H25N3O5/c1-5-25(12-14-6-8-15(9-7-14)22(27)30-4)13-20-23-17-11-19(29-3)18(28-2)10-16(17)21(26)24-20/h6-11H,5,12-13H2,1-4H3,(H,23,24,26). The molecule has 8 heteroatoms. The predicted octanol–water partition coefficient (Wildman–Crippen LogP) is 2.75. The number of carbonyl (C=O) groups is 1. The summed E-state index contributed by atoms with van der Waals surface area (Å²) >= 11 is 0. The maximum absolute atomic E-state index is 12.6. The summed E-state index contributed by atoms with van der Waals surface area (Å²) in [6.45, 7) is 3.91. The van der Waals surface area contributed by atoms with E-state index in [0.717, 1.165) is 12.1 Å². The summed E-state index contributed by atoms with van der Waals surface area (Å²) in [7, 11) is 4.43. The van der Waals surface area contributed by atoms with Crippen LogP contribution in [0.2, 0.25) is 0 Å². The third-order valence-corrected chi connectivity index (χ3v) is 4.86. The van der Waals surface area contributed by atoms with Gasteiger partial charge in [-0.05, 0) is 30.3 Å². The topological polar surface area (TPSA) is 93.8 Å². The number of aromatic nitrogens is 2. The molecule has 0 unspecified atom stereocenters. The molecule has 0 aliphatic carbocycles. The SMILES string of the molecule is CCN(Cc1ccc(C(=O)OC)cc1)Cc1nc2cc(OC)c(OC)cc2c(=O)[nH]1. The molecule has 8 nitrogen and oxygen atoms in total. The molecule has 0 radical (unpaired) electrons. The molecule has 0 saturated heterocycles. The van der Waals surface area contributed by atoms with Crippen LogP contribution in [0.25, 0.3) is 10.9 Å². The van der Waals surface area contributed by atoms with Gasteiger partial charge >= 0.3 is 5.97 Å². The highest BCUT2D eigenvalue weighted by Gasteiger charge is 2.13. The highest BCUT2D eigenvalue weighted by molar-refractivity contribution is 5.89. The molecule has 0 aliphatic heterocycles. The Morgan fingerprint density at radius 2 is 1.70 bits per heavy atom. The zero-order chi connectivity index (χ0) is 21.7. The Balaban J connectivity index is 1.82. The second-order valence-corrected chi connectivity index (χ2v) is 6.73. The fraction of sp³-hybridized carbons (Fsp3) is 0.318. The summed E-state index contributed by atoms with van der Waals surface area (Å²) in [6.07, 6.45) is 0. The highest BCUT2D eigenvalue weighted by atomic mass is 16.5. The van der Waals surface area contributed by atoms with Gasteiger partial charge in [0.25, 0.3) is 5.56 Å². The van der Waals surface area contributed by atoms with Crippen LogP contribution in [0, 0.1) is 0 Å². The molecular formula is C22H25N3O5. The second-order valence-electron chi connectivity index (χ2n) is 6.73. The highest BCUT2D eigenvalue weighted by Crippen LogP contribution is 2.30. The summed E-state index contributed by atoms with van der Waals surface area (Å²) in [5.41, 5.74) is 1.87. The number of nitrogens with one attached hydrogen (secondary N) is 1. The Labute approximate surface area is 174 Å². The lowest BCUT2D eigenvalue weighted by Gasteiger charge is -2.20. The van der Waals surface area contributed by atoms with Gasteiger partial charge in [0.1, 0.15) is 5.82 Å². The molecule has 0 atom stereocenters. The first-order valence-electron chi connectivity index (χ1n) is 9.53. The van der Waals surface area contributed by atoms with E-state index in [-0.39, 0.29) is 11.5 Å². The zero-order valence-electron chi connectivity index (χ0n) is 17.5. The van der Waals surface area contributed by atoms with Crippen LogP contribution in [0.3, 0.4) is 0 Å². The van der Waals surface area contributed by atoms with Crippen molar-refractivity contribution in [3.8, 4) is 11.5 Å². The number of ether oxygens (including phenoxy) is 3. The number of benzene rings is 2. The summed E-state index contributed by atoms with van der Waals surface area (Å²) in [6, 6.07) is 10.6. The van der Waals surface area contributed by atoms with E-state index >= 15 is 0 Å². The molecule has 0 bridgehead atoms. The third kappa shape index (κ3) is 4.60. The number of H-pyrrole nitrogens is 1. The van der Waals surface area contributed by atoms with Crippen molar-refractivity contribution >= 4 is 16.9 Å². The van der Waals surface area contributed by atoms with Crippen LogP contribution in [0.1, 0.15) is 28.7 Å². The summed E-state index contributed by atoms with van der Waals surface area (Å²) in [5.74, 6) is 1.20. The lowest BCUT2D eigenvalue weighted by Crippen LogP contribution is -2.25. The number of esters is 1. The maximum Gasteiger partial charge on any atom is 0.337 e. The van der Waals surface area contributed by atoms with Gasteiger partial charge in [0.05, 0.1) is 44.3 Å². The Morgan fingerprint density at radius 1 is 1.03 bits per heavy atom. The van der Waals surface area contributed by atoms with Crippen molar-refractivity contribution in [2.45, 2.75) is 20.0 Å². The molecule has 0 amide bonds. The molecule has 30 heavy (non-hydrogen) atoms. The second kappa shape index (κ2) is 9.41. The molecule has 3 aromatic rings. The van der Waals surface area contributed by atoms with Gasteiger partial charge in [-0.25, -0.2) is 9.78 Å². The molecule has 158 valence electrons. The average Bonchev–Trinajstić information content (AvgIpc) is 2.77. The van der Waals surface area contributed by atoms with Crippen molar-refractivity contribution in [1.82, 2.24) is 14.9 Å². The number of rotatable bonds is 8. The van der Waals surface area contributed by atoms with Crippen molar-refractivity contribution < 1.29 is 19.0 Å². The Kier molecular flexibility index (Phi) is 6.68. The Morgan fingerprint density at radius 3 is 2.30 bits per heavy atom. The van der Waals surface area contributed by atoms with Gasteiger partial charge in [-0.1, -0.05) is 19.1 Å². The number of carbonyl (C=O) groups excluding carboxylic acids is 1. The molecule has 1 N–H and O–H groups in total. The van der Waals surface area contributed by atoms with E-state index in [4.69, 9.17) is 14.2 Å². The van der Waals surface area contributed by atoms with Gasteiger partial charge in [-0.15, -0.1) is 0 Å². The van der Waals surface area contributed by atoms with Gasteiger partial charge in [0, 0.05) is 12.6 Å². The van der Waals surface area contributed by atoms with Gasteiger partial charge in [-0.2, -0.15) is 0 Å². The maximum atomic E-state index is 12.6. The number of aromatic amines is 1. The number of hydrogen-bond acceptors (Lipinski definition) is 7. The number of hydrogen-bond donors (Lipinski definition) is 1.